The Hall–Kier alpha value is -2.45. The summed E-state index contributed by atoms with van der Waals surface area (Å²) in [7, 11) is -3.91. The number of rotatable bonds is 3. The van der Waals surface area contributed by atoms with Gasteiger partial charge < -0.3 is 5.73 Å². The molecule has 8 heteroatoms. The fourth-order valence-corrected chi connectivity index (χ4v) is 2.22. The molecule has 0 bridgehead atoms. The maximum absolute atomic E-state index is 11.9. The van der Waals surface area contributed by atoms with E-state index in [2.05, 4.69) is 9.63 Å². The zero-order chi connectivity index (χ0) is 14.6. The van der Waals surface area contributed by atoms with Gasteiger partial charge in [0.25, 0.3) is 10.0 Å². The van der Waals surface area contributed by atoms with Gasteiger partial charge in [0.1, 0.15) is 0 Å². The van der Waals surface area contributed by atoms with Crippen molar-refractivity contribution in [2.75, 3.05) is 5.73 Å². The topological polar surface area (TPSA) is 108 Å². The fourth-order valence-electron chi connectivity index (χ4n) is 1.42. The Balaban J connectivity index is 2.21. The maximum Gasteiger partial charge on any atom is 0.299 e. The van der Waals surface area contributed by atoms with Crippen LogP contribution in [0.4, 0.5) is 5.69 Å². The summed E-state index contributed by atoms with van der Waals surface area (Å²) < 4.78 is 27.0. The molecule has 0 aromatic heterocycles. The van der Waals surface area contributed by atoms with E-state index in [4.69, 9.17) is 5.73 Å². The molecule has 0 radical (unpaired) electrons. The van der Waals surface area contributed by atoms with Crippen LogP contribution in [-0.2, 0) is 10.0 Å². The molecule has 0 saturated carbocycles. The van der Waals surface area contributed by atoms with Gasteiger partial charge in [-0.15, -0.1) is 5.11 Å². The smallest absolute Gasteiger partial charge is 0.299 e. The van der Waals surface area contributed by atoms with Crippen LogP contribution in [0.15, 0.2) is 75.1 Å². The Morgan fingerprint density at radius 1 is 1.30 bits per heavy atom. The van der Waals surface area contributed by atoms with Crippen LogP contribution >= 0.6 is 0 Å². The third kappa shape index (κ3) is 3.31. The molecule has 0 amide bonds. The normalized spacial score (nSPS) is 17.2. The highest BCUT2D eigenvalue weighted by Gasteiger charge is 2.12. The lowest BCUT2D eigenvalue weighted by atomic mass is 10.3. The predicted octanol–water partition coefficient (Wildman–Crippen LogP) is 2.03. The molecule has 3 N–H and O–H groups in total. The van der Waals surface area contributed by atoms with Crippen LogP contribution in [0.5, 0.6) is 0 Å². The van der Waals surface area contributed by atoms with E-state index >= 15 is 0 Å². The molecule has 0 atom stereocenters. The lowest BCUT2D eigenvalue weighted by molar-refractivity contribution is -0.000512. The standard InChI is InChI=1S/C12H12N4O3S/c13-10-4-3-6-12(8-10)20(18,19)15-14-9-11-5-1-2-7-16(11)17/h1-9,17H,13H2. The molecule has 7 nitrogen and oxygen atoms in total. The molecule has 104 valence electrons. The van der Waals surface area contributed by atoms with E-state index in [0.29, 0.717) is 11.4 Å². The minimum absolute atomic E-state index is 0.0420. The summed E-state index contributed by atoms with van der Waals surface area (Å²) in [6, 6.07) is 5.75. The average molecular weight is 292 g/mol. The first-order valence-electron chi connectivity index (χ1n) is 5.55. The first-order valence-corrected chi connectivity index (χ1v) is 6.99. The van der Waals surface area contributed by atoms with Crippen molar-refractivity contribution in [3.8, 4) is 0 Å². The van der Waals surface area contributed by atoms with E-state index in [1.165, 1.54) is 24.4 Å². The minimum atomic E-state index is -3.91. The van der Waals surface area contributed by atoms with Gasteiger partial charge in [-0.2, -0.15) is 8.42 Å². The highest BCUT2D eigenvalue weighted by atomic mass is 32.2. The lowest BCUT2D eigenvalue weighted by Gasteiger charge is -2.13. The molecule has 1 heterocycles. The number of allylic oxidation sites excluding steroid dienone is 3. The number of nitrogens with two attached hydrogens (primary N) is 1. The van der Waals surface area contributed by atoms with Crippen molar-refractivity contribution >= 4 is 15.7 Å². The Labute approximate surface area is 116 Å². The number of anilines is 1. The summed E-state index contributed by atoms with van der Waals surface area (Å²) in [6.07, 6.45) is 7.34. The SMILES string of the molecule is Nc1cccc(S(=O)(=O)N=NC=C2C=CC=CN2O)c1. The summed E-state index contributed by atoms with van der Waals surface area (Å²) in [5, 5.41) is 13.7. The molecule has 1 aromatic rings. The molecule has 0 fully saturated rings. The van der Waals surface area contributed by atoms with Crippen LogP contribution in [0.1, 0.15) is 0 Å². The molecular formula is C12H12N4O3S. The second-order valence-electron chi connectivity index (χ2n) is 3.84. The van der Waals surface area contributed by atoms with Crippen molar-refractivity contribution in [1.82, 2.24) is 5.06 Å². The minimum Gasteiger partial charge on any atom is -0.399 e. The van der Waals surface area contributed by atoms with Crippen LogP contribution in [0, 0.1) is 0 Å². The van der Waals surface area contributed by atoms with Crippen molar-refractivity contribution in [3.05, 3.63) is 60.6 Å². The van der Waals surface area contributed by atoms with Crippen LogP contribution < -0.4 is 5.73 Å². The number of sulfonamides is 1. The molecule has 0 unspecified atom stereocenters. The molecule has 1 aliphatic rings. The lowest BCUT2D eigenvalue weighted by Crippen LogP contribution is -2.10. The van der Waals surface area contributed by atoms with Gasteiger partial charge >= 0.3 is 0 Å². The van der Waals surface area contributed by atoms with Gasteiger partial charge in [0.2, 0.25) is 0 Å². The van der Waals surface area contributed by atoms with Gasteiger partial charge in [-0.25, -0.2) is 5.06 Å². The zero-order valence-electron chi connectivity index (χ0n) is 10.3. The molecule has 1 aromatic carbocycles. The van der Waals surface area contributed by atoms with Gasteiger partial charge in [-0.05, 0) is 30.4 Å². The molecule has 0 spiro atoms. The third-order valence-corrected chi connectivity index (χ3v) is 3.53. The van der Waals surface area contributed by atoms with Crippen molar-refractivity contribution in [3.63, 3.8) is 0 Å². The number of nitrogen functional groups attached to an aromatic ring is 1. The first-order chi connectivity index (χ1) is 9.49. The summed E-state index contributed by atoms with van der Waals surface area (Å²) in [4.78, 5) is -0.0420. The van der Waals surface area contributed by atoms with E-state index < -0.39 is 10.0 Å². The van der Waals surface area contributed by atoms with Crippen molar-refractivity contribution < 1.29 is 13.6 Å². The Kier molecular flexibility index (Phi) is 3.97. The van der Waals surface area contributed by atoms with Crippen LogP contribution in [0.25, 0.3) is 0 Å². The van der Waals surface area contributed by atoms with E-state index in [1.807, 2.05) is 0 Å². The second-order valence-corrected chi connectivity index (χ2v) is 5.43. The first kappa shape index (κ1) is 14.0. The third-order valence-electron chi connectivity index (χ3n) is 2.37. The number of hydrogen-bond acceptors (Lipinski definition) is 6. The fraction of sp³-hybridized carbons (Fsp3) is 0. The van der Waals surface area contributed by atoms with E-state index in [0.717, 1.165) is 11.3 Å². The molecule has 1 aliphatic heterocycles. The van der Waals surface area contributed by atoms with Crippen LogP contribution in [0.3, 0.4) is 0 Å². The number of hydroxylamine groups is 2. The van der Waals surface area contributed by atoms with E-state index in [9.17, 15) is 13.6 Å². The Morgan fingerprint density at radius 2 is 2.10 bits per heavy atom. The number of nitrogens with zero attached hydrogens (tertiary/aromatic N) is 3. The highest BCUT2D eigenvalue weighted by Crippen LogP contribution is 2.16. The largest absolute Gasteiger partial charge is 0.399 e. The van der Waals surface area contributed by atoms with Gasteiger partial charge in [0.05, 0.1) is 16.8 Å². The summed E-state index contributed by atoms with van der Waals surface area (Å²) in [5.41, 5.74) is 6.13. The Morgan fingerprint density at radius 3 is 2.80 bits per heavy atom. The van der Waals surface area contributed by atoms with Crippen molar-refractivity contribution in [2.24, 2.45) is 9.63 Å². The molecule has 20 heavy (non-hydrogen) atoms. The van der Waals surface area contributed by atoms with Crippen LogP contribution in [-0.4, -0.2) is 18.7 Å². The van der Waals surface area contributed by atoms with Crippen molar-refractivity contribution in [1.29, 1.82) is 0 Å². The summed E-state index contributed by atoms with van der Waals surface area (Å²) >= 11 is 0. The number of hydrogen-bond donors (Lipinski definition) is 2. The molecule has 0 aliphatic carbocycles. The molecular weight excluding hydrogens is 280 g/mol. The van der Waals surface area contributed by atoms with Gasteiger partial charge in [-0.1, -0.05) is 16.7 Å². The monoisotopic (exact) mass is 292 g/mol. The van der Waals surface area contributed by atoms with E-state index in [1.54, 1.807) is 24.3 Å². The average Bonchev–Trinajstić information content (AvgIpc) is 2.41. The highest BCUT2D eigenvalue weighted by molar-refractivity contribution is 7.90. The summed E-state index contributed by atoms with van der Waals surface area (Å²) in [5.74, 6) is 0. The maximum atomic E-state index is 11.9. The zero-order valence-corrected chi connectivity index (χ0v) is 11.1. The van der Waals surface area contributed by atoms with Crippen LogP contribution in [0.2, 0.25) is 0 Å². The Bertz CT molecular complexity index is 720. The molecule has 2 rings (SSSR count). The number of benzene rings is 1. The summed E-state index contributed by atoms with van der Waals surface area (Å²) in [6.45, 7) is 0. The van der Waals surface area contributed by atoms with Gasteiger partial charge in [0.15, 0.2) is 0 Å². The van der Waals surface area contributed by atoms with Gasteiger partial charge in [0, 0.05) is 11.9 Å². The van der Waals surface area contributed by atoms with Gasteiger partial charge in [-0.3, -0.25) is 5.21 Å². The van der Waals surface area contributed by atoms with E-state index in [-0.39, 0.29) is 4.90 Å². The van der Waals surface area contributed by atoms with Crippen molar-refractivity contribution in [2.45, 2.75) is 4.90 Å². The quantitative estimate of drug-likeness (QED) is 0.654. The predicted molar refractivity (Wildman–Crippen MR) is 72.9 cm³/mol. The molecule has 0 saturated heterocycles. The second kappa shape index (κ2) is 5.68.